The van der Waals surface area contributed by atoms with Crippen molar-refractivity contribution in [3.05, 3.63) is 65.7 Å². The highest BCUT2D eigenvalue weighted by atomic mass is 35.5. The Balaban J connectivity index is 2.40. The Morgan fingerprint density at radius 3 is 2.52 bits per heavy atom. The molecule has 21 heavy (non-hydrogen) atoms. The van der Waals surface area contributed by atoms with Crippen molar-refractivity contribution in [3.8, 4) is 11.4 Å². The topological polar surface area (TPSA) is 34.9 Å². The molecule has 0 saturated heterocycles. The first-order chi connectivity index (χ1) is 10.1. The Morgan fingerprint density at radius 1 is 1.14 bits per heavy atom. The van der Waals surface area contributed by atoms with Gasteiger partial charge in [-0.25, -0.2) is 4.98 Å². The molecule has 3 nitrogen and oxygen atoms in total. The number of fused-ring (bicyclic) bond motifs is 1. The zero-order valence-electron chi connectivity index (χ0n) is 11.5. The van der Waals surface area contributed by atoms with Gasteiger partial charge in [-0.2, -0.15) is 0 Å². The van der Waals surface area contributed by atoms with E-state index in [0.717, 1.165) is 5.56 Å². The second kappa shape index (κ2) is 5.19. The number of carbonyl (C=O) groups excluding carboxylic acids is 1. The molecule has 0 aliphatic carbocycles. The van der Waals surface area contributed by atoms with Gasteiger partial charge >= 0.3 is 0 Å². The van der Waals surface area contributed by atoms with Crippen molar-refractivity contribution < 1.29 is 4.79 Å². The minimum atomic E-state index is -0.204. The van der Waals surface area contributed by atoms with E-state index in [1.54, 1.807) is 13.0 Å². The Labute approximate surface area is 127 Å². The van der Waals surface area contributed by atoms with Crippen molar-refractivity contribution in [1.29, 1.82) is 0 Å². The molecule has 3 aromatic rings. The molecule has 0 spiro atoms. The molecule has 104 valence electrons. The summed E-state index contributed by atoms with van der Waals surface area (Å²) in [5.41, 5.74) is 2.60. The van der Waals surface area contributed by atoms with E-state index in [1.165, 1.54) is 4.57 Å². The Bertz CT molecular complexity index is 850. The standard InChI is InChI=1S/C17H13ClN2O/c1-11(2)17(21)20-15-13(18)9-6-10-14(15)19-16(20)12-7-4-3-5-8-12/h3-10H,1H2,2H3. The molecule has 0 saturated carbocycles. The van der Waals surface area contributed by atoms with Crippen LogP contribution >= 0.6 is 11.6 Å². The van der Waals surface area contributed by atoms with Crippen LogP contribution in [0.25, 0.3) is 22.4 Å². The van der Waals surface area contributed by atoms with E-state index in [-0.39, 0.29) is 5.91 Å². The largest absolute Gasteiger partial charge is 0.269 e. The van der Waals surface area contributed by atoms with Gasteiger partial charge in [0.15, 0.2) is 0 Å². The van der Waals surface area contributed by atoms with E-state index in [9.17, 15) is 4.79 Å². The maximum absolute atomic E-state index is 12.5. The van der Waals surface area contributed by atoms with Crippen molar-refractivity contribution in [2.75, 3.05) is 0 Å². The predicted molar refractivity (Wildman–Crippen MR) is 85.6 cm³/mol. The van der Waals surface area contributed by atoms with Crippen LogP contribution in [0.2, 0.25) is 5.02 Å². The van der Waals surface area contributed by atoms with E-state index in [4.69, 9.17) is 11.6 Å². The Morgan fingerprint density at radius 2 is 1.86 bits per heavy atom. The van der Waals surface area contributed by atoms with Crippen molar-refractivity contribution in [1.82, 2.24) is 9.55 Å². The lowest BCUT2D eigenvalue weighted by molar-refractivity contribution is 0.0962. The minimum Gasteiger partial charge on any atom is -0.269 e. The maximum Gasteiger partial charge on any atom is 0.259 e. The third-order valence-electron chi connectivity index (χ3n) is 3.23. The summed E-state index contributed by atoms with van der Waals surface area (Å²) in [4.78, 5) is 17.1. The van der Waals surface area contributed by atoms with Gasteiger partial charge in [-0.15, -0.1) is 0 Å². The summed E-state index contributed by atoms with van der Waals surface area (Å²) in [6.07, 6.45) is 0. The van der Waals surface area contributed by atoms with Gasteiger partial charge in [-0.1, -0.05) is 54.6 Å². The lowest BCUT2D eigenvalue weighted by atomic mass is 10.2. The van der Waals surface area contributed by atoms with Gasteiger partial charge in [0.2, 0.25) is 0 Å². The summed E-state index contributed by atoms with van der Waals surface area (Å²) in [7, 11) is 0. The summed E-state index contributed by atoms with van der Waals surface area (Å²) in [5.74, 6) is 0.371. The molecule has 0 aliphatic rings. The highest BCUT2D eigenvalue weighted by Crippen LogP contribution is 2.30. The minimum absolute atomic E-state index is 0.204. The van der Waals surface area contributed by atoms with Crippen molar-refractivity contribution in [2.24, 2.45) is 0 Å². The summed E-state index contributed by atoms with van der Waals surface area (Å²) in [6, 6.07) is 15.0. The molecule has 0 N–H and O–H groups in total. The summed E-state index contributed by atoms with van der Waals surface area (Å²) in [6.45, 7) is 5.42. The average Bonchev–Trinajstić information content (AvgIpc) is 2.88. The monoisotopic (exact) mass is 296 g/mol. The van der Waals surface area contributed by atoms with E-state index in [1.807, 2.05) is 42.5 Å². The number of allylic oxidation sites excluding steroid dienone is 1. The molecular formula is C17H13ClN2O. The smallest absolute Gasteiger partial charge is 0.259 e. The molecule has 0 amide bonds. The van der Waals surface area contributed by atoms with Crippen molar-refractivity contribution in [3.63, 3.8) is 0 Å². The fourth-order valence-corrected chi connectivity index (χ4v) is 2.51. The highest BCUT2D eigenvalue weighted by molar-refractivity contribution is 6.35. The molecule has 0 fully saturated rings. The fourth-order valence-electron chi connectivity index (χ4n) is 2.25. The number of hydrogen-bond acceptors (Lipinski definition) is 2. The molecule has 4 heteroatoms. The van der Waals surface area contributed by atoms with Crippen LogP contribution in [-0.2, 0) is 0 Å². The molecule has 0 unspecified atom stereocenters. The number of para-hydroxylation sites is 1. The molecular weight excluding hydrogens is 284 g/mol. The van der Waals surface area contributed by atoms with Crippen LogP contribution in [0.1, 0.15) is 11.7 Å². The van der Waals surface area contributed by atoms with Gasteiger partial charge in [0.1, 0.15) is 5.82 Å². The molecule has 0 radical (unpaired) electrons. The van der Waals surface area contributed by atoms with E-state index >= 15 is 0 Å². The number of aromatic nitrogens is 2. The fraction of sp³-hybridized carbons (Fsp3) is 0.0588. The van der Waals surface area contributed by atoms with Gasteiger partial charge in [0.25, 0.3) is 5.91 Å². The number of nitrogens with zero attached hydrogens (tertiary/aromatic N) is 2. The van der Waals surface area contributed by atoms with Crippen LogP contribution in [0.4, 0.5) is 0 Å². The third-order valence-corrected chi connectivity index (χ3v) is 3.53. The summed E-state index contributed by atoms with van der Waals surface area (Å²) >= 11 is 6.27. The van der Waals surface area contributed by atoms with Crippen LogP contribution in [0.3, 0.4) is 0 Å². The number of benzene rings is 2. The lowest BCUT2D eigenvalue weighted by Crippen LogP contribution is -2.12. The summed E-state index contributed by atoms with van der Waals surface area (Å²) < 4.78 is 1.54. The van der Waals surface area contributed by atoms with Crippen molar-refractivity contribution in [2.45, 2.75) is 6.92 Å². The van der Waals surface area contributed by atoms with Crippen LogP contribution < -0.4 is 0 Å². The maximum atomic E-state index is 12.5. The first-order valence-corrected chi connectivity index (χ1v) is 6.90. The normalized spacial score (nSPS) is 10.8. The van der Waals surface area contributed by atoms with Crippen LogP contribution in [0, 0.1) is 0 Å². The number of imidazole rings is 1. The highest BCUT2D eigenvalue weighted by Gasteiger charge is 2.20. The average molecular weight is 297 g/mol. The number of hydrogen-bond donors (Lipinski definition) is 0. The quantitative estimate of drug-likeness (QED) is 0.649. The zero-order chi connectivity index (χ0) is 15.0. The molecule has 0 aliphatic heterocycles. The molecule has 1 heterocycles. The second-order valence-corrected chi connectivity index (χ2v) is 5.24. The van der Waals surface area contributed by atoms with Crippen LogP contribution in [-0.4, -0.2) is 15.5 Å². The Hall–Kier alpha value is -2.39. The van der Waals surface area contributed by atoms with Crippen LogP contribution in [0.15, 0.2) is 60.7 Å². The number of carbonyl (C=O) groups is 1. The van der Waals surface area contributed by atoms with Gasteiger partial charge in [-0.3, -0.25) is 9.36 Å². The second-order valence-electron chi connectivity index (χ2n) is 4.83. The van der Waals surface area contributed by atoms with E-state index in [2.05, 4.69) is 11.6 Å². The molecule has 2 aromatic carbocycles. The third kappa shape index (κ3) is 2.26. The Kier molecular flexibility index (Phi) is 3.35. The first-order valence-electron chi connectivity index (χ1n) is 6.52. The zero-order valence-corrected chi connectivity index (χ0v) is 12.3. The SMILES string of the molecule is C=C(C)C(=O)n1c(-c2ccccc2)nc2cccc(Cl)c21. The van der Waals surface area contributed by atoms with Crippen molar-refractivity contribution >= 4 is 28.5 Å². The van der Waals surface area contributed by atoms with E-state index < -0.39 is 0 Å². The van der Waals surface area contributed by atoms with Gasteiger partial charge in [0.05, 0.1) is 16.1 Å². The number of halogens is 1. The predicted octanol–water partition coefficient (Wildman–Crippen LogP) is 4.57. The van der Waals surface area contributed by atoms with Gasteiger partial charge < -0.3 is 0 Å². The van der Waals surface area contributed by atoms with E-state index in [0.29, 0.717) is 27.5 Å². The van der Waals surface area contributed by atoms with Gasteiger partial charge in [-0.05, 0) is 19.1 Å². The molecule has 1 aromatic heterocycles. The summed E-state index contributed by atoms with van der Waals surface area (Å²) in [5, 5.41) is 0.497. The number of rotatable bonds is 2. The lowest BCUT2D eigenvalue weighted by Gasteiger charge is -2.08. The first kappa shape index (κ1) is 13.6. The van der Waals surface area contributed by atoms with Gasteiger partial charge in [0, 0.05) is 11.1 Å². The molecule has 3 rings (SSSR count). The molecule has 0 atom stereocenters. The molecule has 0 bridgehead atoms. The van der Waals surface area contributed by atoms with Crippen LogP contribution in [0.5, 0.6) is 0 Å².